The second kappa shape index (κ2) is 6.54. The monoisotopic (exact) mass is 315 g/mol. The Morgan fingerprint density at radius 3 is 2.61 bits per heavy atom. The van der Waals surface area contributed by atoms with Gasteiger partial charge in [-0.15, -0.1) is 0 Å². The van der Waals surface area contributed by atoms with Gasteiger partial charge in [0.15, 0.2) is 6.10 Å². The first-order chi connectivity index (χ1) is 10.9. The Morgan fingerprint density at radius 2 is 2.00 bits per heavy atom. The van der Waals surface area contributed by atoms with Crippen LogP contribution in [0.15, 0.2) is 18.2 Å². The lowest BCUT2D eigenvalue weighted by Gasteiger charge is -2.25. The van der Waals surface area contributed by atoms with Crippen molar-refractivity contribution in [3.63, 3.8) is 0 Å². The number of benzene rings is 1. The molecule has 0 radical (unpaired) electrons. The minimum Gasteiger partial charge on any atom is -0.481 e. The normalized spacial score (nSPS) is 27.3. The number of nitrogens with one attached hydrogen (secondary N) is 1. The van der Waals surface area contributed by atoms with Crippen molar-refractivity contribution >= 4 is 5.91 Å². The summed E-state index contributed by atoms with van der Waals surface area (Å²) < 4.78 is 6.03. The summed E-state index contributed by atoms with van der Waals surface area (Å²) in [5, 5.41) is 3.23. The van der Waals surface area contributed by atoms with Gasteiger partial charge in [-0.2, -0.15) is 0 Å². The minimum absolute atomic E-state index is 0.0266. The smallest absolute Gasteiger partial charge is 0.261 e. The van der Waals surface area contributed by atoms with Crippen LogP contribution in [0.1, 0.15) is 63.5 Å². The summed E-state index contributed by atoms with van der Waals surface area (Å²) in [6, 6.07) is 6.61. The summed E-state index contributed by atoms with van der Waals surface area (Å²) in [6.45, 7) is 8.21. The van der Waals surface area contributed by atoms with E-state index in [9.17, 15) is 4.79 Å². The molecule has 1 aromatic rings. The molecule has 126 valence electrons. The maximum Gasteiger partial charge on any atom is 0.261 e. The molecule has 2 aliphatic rings. The number of ether oxygens (including phenoxy) is 1. The summed E-state index contributed by atoms with van der Waals surface area (Å²) >= 11 is 0. The van der Waals surface area contributed by atoms with Gasteiger partial charge in [-0.3, -0.25) is 4.79 Å². The first-order valence-corrected chi connectivity index (χ1v) is 9.01. The average Bonchev–Trinajstić information content (AvgIpc) is 3.09. The highest BCUT2D eigenvalue weighted by Crippen LogP contribution is 2.44. The van der Waals surface area contributed by atoms with E-state index in [-0.39, 0.29) is 5.91 Å². The Morgan fingerprint density at radius 1 is 1.22 bits per heavy atom. The third kappa shape index (κ3) is 3.54. The second-order valence-electron chi connectivity index (χ2n) is 7.75. The Labute approximate surface area is 139 Å². The van der Waals surface area contributed by atoms with Crippen LogP contribution in [0.25, 0.3) is 0 Å². The van der Waals surface area contributed by atoms with Crippen LogP contribution in [-0.4, -0.2) is 18.1 Å². The zero-order valence-electron chi connectivity index (χ0n) is 14.8. The van der Waals surface area contributed by atoms with E-state index >= 15 is 0 Å². The Balaban J connectivity index is 1.63. The van der Waals surface area contributed by atoms with Crippen molar-refractivity contribution in [2.75, 3.05) is 0 Å². The van der Waals surface area contributed by atoms with Crippen LogP contribution >= 0.6 is 0 Å². The molecule has 0 spiro atoms. The zero-order valence-corrected chi connectivity index (χ0v) is 14.8. The molecule has 2 bridgehead atoms. The van der Waals surface area contributed by atoms with Crippen LogP contribution in [-0.2, 0) is 4.79 Å². The van der Waals surface area contributed by atoms with Crippen LogP contribution in [0.5, 0.6) is 5.75 Å². The third-order valence-electron chi connectivity index (χ3n) is 5.53. The lowest BCUT2D eigenvalue weighted by molar-refractivity contribution is -0.128. The molecule has 0 aromatic heterocycles. The molecule has 3 heteroatoms. The molecule has 2 saturated carbocycles. The quantitative estimate of drug-likeness (QED) is 0.885. The van der Waals surface area contributed by atoms with Crippen LogP contribution in [0.2, 0.25) is 0 Å². The van der Waals surface area contributed by atoms with E-state index in [1.807, 2.05) is 13.0 Å². The summed E-state index contributed by atoms with van der Waals surface area (Å²) in [5.41, 5.74) is 2.32. The van der Waals surface area contributed by atoms with E-state index in [0.717, 1.165) is 29.2 Å². The van der Waals surface area contributed by atoms with Crippen molar-refractivity contribution < 1.29 is 9.53 Å². The number of carbonyl (C=O) groups excluding carboxylic acids is 1. The van der Waals surface area contributed by atoms with E-state index in [1.54, 1.807) is 0 Å². The van der Waals surface area contributed by atoms with Crippen molar-refractivity contribution in [1.82, 2.24) is 5.32 Å². The van der Waals surface area contributed by atoms with Gasteiger partial charge in [-0.1, -0.05) is 32.4 Å². The fourth-order valence-electron chi connectivity index (χ4n) is 4.19. The molecular formula is C20H29NO2. The summed E-state index contributed by atoms with van der Waals surface area (Å²) in [6.07, 6.45) is 4.64. The van der Waals surface area contributed by atoms with Gasteiger partial charge in [0.1, 0.15) is 5.75 Å². The minimum atomic E-state index is -0.451. The van der Waals surface area contributed by atoms with Gasteiger partial charge in [0, 0.05) is 6.04 Å². The molecule has 23 heavy (non-hydrogen) atoms. The molecule has 3 nitrogen and oxygen atoms in total. The fraction of sp³-hybridized carbons (Fsp3) is 0.650. The van der Waals surface area contributed by atoms with Crippen molar-refractivity contribution in [2.45, 2.75) is 71.4 Å². The maximum absolute atomic E-state index is 12.5. The van der Waals surface area contributed by atoms with E-state index in [0.29, 0.717) is 17.9 Å². The third-order valence-corrected chi connectivity index (χ3v) is 5.53. The van der Waals surface area contributed by atoms with Crippen molar-refractivity contribution in [3.8, 4) is 5.75 Å². The number of hydrogen-bond donors (Lipinski definition) is 1. The van der Waals surface area contributed by atoms with Crippen LogP contribution in [0.3, 0.4) is 0 Å². The second-order valence-corrected chi connectivity index (χ2v) is 7.75. The molecule has 1 amide bonds. The lowest BCUT2D eigenvalue weighted by Crippen LogP contribution is -2.44. The molecule has 2 fully saturated rings. The Bertz CT molecular complexity index is 581. The molecule has 0 unspecified atom stereocenters. The largest absolute Gasteiger partial charge is 0.481 e. The van der Waals surface area contributed by atoms with E-state index in [1.165, 1.54) is 19.3 Å². The fourth-order valence-corrected chi connectivity index (χ4v) is 4.19. The maximum atomic E-state index is 12.5. The molecule has 2 aliphatic carbocycles. The molecule has 1 aromatic carbocycles. The van der Waals surface area contributed by atoms with E-state index < -0.39 is 6.10 Å². The van der Waals surface area contributed by atoms with E-state index in [4.69, 9.17) is 4.74 Å². The van der Waals surface area contributed by atoms with Gasteiger partial charge in [0.05, 0.1) is 0 Å². The molecule has 0 heterocycles. The average molecular weight is 315 g/mol. The van der Waals surface area contributed by atoms with Gasteiger partial charge >= 0.3 is 0 Å². The standard InChI is InChI=1S/C20H29NO2/c1-12(2)17-8-5-13(3)9-19(17)23-14(4)20(22)21-18-11-15-6-7-16(18)10-15/h5,8-9,12,14-16,18H,6-7,10-11H2,1-4H3,(H,21,22)/t14-,15-,16-,18+/m0/s1. The van der Waals surface area contributed by atoms with E-state index in [2.05, 4.69) is 38.2 Å². The van der Waals surface area contributed by atoms with Gasteiger partial charge in [0.2, 0.25) is 0 Å². The number of fused-ring (bicyclic) bond motifs is 2. The van der Waals surface area contributed by atoms with Gasteiger partial charge in [-0.25, -0.2) is 0 Å². The molecule has 4 atom stereocenters. The molecule has 3 rings (SSSR count). The number of amides is 1. The molecule has 0 saturated heterocycles. The molecule has 0 aliphatic heterocycles. The summed E-state index contributed by atoms with van der Waals surface area (Å²) in [4.78, 5) is 12.5. The number of rotatable bonds is 5. The number of aryl methyl sites for hydroxylation is 1. The number of carbonyl (C=O) groups is 1. The highest BCUT2D eigenvalue weighted by molar-refractivity contribution is 5.81. The first kappa shape index (κ1) is 16.4. The SMILES string of the molecule is Cc1ccc(C(C)C)c(O[C@@H](C)C(=O)N[C@@H]2C[C@H]3CC[C@H]2C3)c1. The molecular weight excluding hydrogens is 286 g/mol. The highest BCUT2D eigenvalue weighted by atomic mass is 16.5. The van der Waals surface area contributed by atoms with Gasteiger partial charge in [-0.05, 0) is 68.1 Å². The zero-order chi connectivity index (χ0) is 16.6. The first-order valence-electron chi connectivity index (χ1n) is 9.01. The summed E-state index contributed by atoms with van der Waals surface area (Å²) in [5.74, 6) is 2.79. The lowest BCUT2D eigenvalue weighted by atomic mass is 9.95. The predicted octanol–water partition coefficient (Wildman–Crippen LogP) is 4.19. The Hall–Kier alpha value is -1.51. The van der Waals surface area contributed by atoms with Crippen molar-refractivity contribution in [1.29, 1.82) is 0 Å². The number of hydrogen-bond acceptors (Lipinski definition) is 2. The van der Waals surface area contributed by atoms with Crippen molar-refractivity contribution in [2.24, 2.45) is 11.8 Å². The molecule has 1 N–H and O–H groups in total. The van der Waals surface area contributed by atoms with Crippen molar-refractivity contribution in [3.05, 3.63) is 29.3 Å². The highest BCUT2D eigenvalue weighted by Gasteiger charge is 2.40. The topological polar surface area (TPSA) is 38.3 Å². The Kier molecular flexibility index (Phi) is 4.65. The van der Waals surface area contributed by atoms with Crippen LogP contribution in [0.4, 0.5) is 0 Å². The van der Waals surface area contributed by atoms with Gasteiger partial charge < -0.3 is 10.1 Å². The van der Waals surface area contributed by atoms with Crippen LogP contribution < -0.4 is 10.1 Å². The summed E-state index contributed by atoms with van der Waals surface area (Å²) in [7, 11) is 0. The van der Waals surface area contributed by atoms with Gasteiger partial charge in [0.25, 0.3) is 5.91 Å². The van der Waals surface area contributed by atoms with Crippen LogP contribution in [0, 0.1) is 18.8 Å². The predicted molar refractivity (Wildman–Crippen MR) is 92.7 cm³/mol.